The number of carboxylic acid groups (broad SMARTS) is 1. The van der Waals surface area contributed by atoms with E-state index in [1.165, 1.54) is 13.2 Å². The Bertz CT molecular complexity index is 788. The van der Waals surface area contributed by atoms with E-state index in [1.807, 2.05) is 0 Å². The number of anilines is 1. The van der Waals surface area contributed by atoms with Crippen molar-refractivity contribution >= 4 is 29.2 Å². The second kappa shape index (κ2) is 6.53. The first-order valence-electron chi connectivity index (χ1n) is 7.47. The fourth-order valence-electron chi connectivity index (χ4n) is 3.10. The number of hydrogen-bond acceptors (Lipinski definition) is 3. The predicted molar refractivity (Wildman–Crippen MR) is 91.1 cm³/mol. The van der Waals surface area contributed by atoms with Crippen LogP contribution in [0.3, 0.4) is 0 Å². The molecule has 1 aliphatic rings. The maximum atomic E-state index is 12.4. The van der Waals surface area contributed by atoms with E-state index < -0.39 is 5.97 Å². The van der Waals surface area contributed by atoms with Crippen molar-refractivity contribution < 1.29 is 19.4 Å². The van der Waals surface area contributed by atoms with Crippen molar-refractivity contribution in [2.45, 2.75) is 12.3 Å². The molecule has 2 aromatic carbocycles. The number of methoxy groups -OCH3 is 1. The van der Waals surface area contributed by atoms with Gasteiger partial charge in [0.2, 0.25) is 5.91 Å². The molecule has 1 aliphatic heterocycles. The SMILES string of the molecule is COc1cccc(C(=O)O)c1C1CC(=O)N(c2ccc(Cl)cc2)C1. The first-order valence-corrected chi connectivity index (χ1v) is 7.85. The Morgan fingerprint density at radius 1 is 1.25 bits per heavy atom. The molecular weight excluding hydrogens is 330 g/mol. The summed E-state index contributed by atoms with van der Waals surface area (Å²) in [7, 11) is 1.50. The van der Waals surface area contributed by atoms with Gasteiger partial charge in [0.05, 0.1) is 12.7 Å². The van der Waals surface area contributed by atoms with Gasteiger partial charge >= 0.3 is 5.97 Å². The second-order valence-electron chi connectivity index (χ2n) is 5.61. The summed E-state index contributed by atoms with van der Waals surface area (Å²) >= 11 is 5.89. The lowest BCUT2D eigenvalue weighted by Crippen LogP contribution is -2.24. The van der Waals surface area contributed by atoms with Gasteiger partial charge in [0.1, 0.15) is 5.75 Å². The van der Waals surface area contributed by atoms with Crippen molar-refractivity contribution in [1.82, 2.24) is 0 Å². The Hall–Kier alpha value is -2.53. The normalized spacial score (nSPS) is 17.2. The first-order chi connectivity index (χ1) is 11.5. The van der Waals surface area contributed by atoms with Gasteiger partial charge in [0.25, 0.3) is 0 Å². The van der Waals surface area contributed by atoms with E-state index in [1.54, 1.807) is 41.3 Å². The molecule has 1 heterocycles. The summed E-state index contributed by atoms with van der Waals surface area (Å²) in [5.74, 6) is -0.827. The van der Waals surface area contributed by atoms with Crippen molar-refractivity contribution in [3.8, 4) is 5.75 Å². The van der Waals surface area contributed by atoms with Crippen LogP contribution in [0.4, 0.5) is 5.69 Å². The number of carboxylic acids is 1. The highest BCUT2D eigenvalue weighted by Gasteiger charge is 2.35. The number of amides is 1. The molecule has 5 nitrogen and oxygen atoms in total. The van der Waals surface area contributed by atoms with Crippen LogP contribution in [0.5, 0.6) is 5.75 Å². The molecule has 0 aliphatic carbocycles. The number of hydrogen-bond donors (Lipinski definition) is 1. The fourth-order valence-corrected chi connectivity index (χ4v) is 3.23. The standard InChI is InChI=1S/C18H16ClNO4/c1-24-15-4-2-3-14(18(22)23)17(15)11-9-16(21)20(10-11)13-7-5-12(19)6-8-13/h2-8,11H,9-10H2,1H3,(H,22,23). The Morgan fingerprint density at radius 2 is 1.96 bits per heavy atom. The smallest absolute Gasteiger partial charge is 0.336 e. The third kappa shape index (κ3) is 2.95. The Kier molecular flexibility index (Phi) is 4.44. The molecule has 3 rings (SSSR count). The minimum atomic E-state index is -1.03. The van der Waals surface area contributed by atoms with Gasteiger partial charge in [-0.2, -0.15) is 0 Å². The zero-order chi connectivity index (χ0) is 17.3. The van der Waals surface area contributed by atoms with Crippen LogP contribution in [0.25, 0.3) is 0 Å². The predicted octanol–water partition coefficient (Wildman–Crippen LogP) is 3.57. The summed E-state index contributed by atoms with van der Waals surface area (Å²) < 4.78 is 5.33. The van der Waals surface area contributed by atoms with Gasteiger partial charge in [0.15, 0.2) is 0 Å². The quantitative estimate of drug-likeness (QED) is 0.920. The lowest BCUT2D eigenvalue weighted by Gasteiger charge is -2.19. The molecule has 24 heavy (non-hydrogen) atoms. The van der Waals surface area contributed by atoms with Gasteiger partial charge in [-0.25, -0.2) is 4.79 Å². The molecule has 0 aromatic heterocycles. The van der Waals surface area contributed by atoms with E-state index in [4.69, 9.17) is 16.3 Å². The zero-order valence-electron chi connectivity index (χ0n) is 13.0. The number of ether oxygens (including phenoxy) is 1. The van der Waals surface area contributed by atoms with Gasteiger partial charge in [-0.3, -0.25) is 4.79 Å². The lowest BCUT2D eigenvalue weighted by molar-refractivity contribution is -0.117. The van der Waals surface area contributed by atoms with E-state index in [0.717, 1.165) is 5.69 Å². The average Bonchev–Trinajstić information content (AvgIpc) is 2.96. The Morgan fingerprint density at radius 3 is 2.58 bits per heavy atom. The molecule has 6 heteroatoms. The molecule has 2 aromatic rings. The third-order valence-corrected chi connectivity index (χ3v) is 4.44. The molecule has 124 valence electrons. The lowest BCUT2D eigenvalue weighted by atomic mass is 9.92. The molecule has 0 radical (unpaired) electrons. The van der Waals surface area contributed by atoms with Crippen LogP contribution in [0.15, 0.2) is 42.5 Å². The molecule has 1 amide bonds. The number of aromatic carboxylic acids is 1. The third-order valence-electron chi connectivity index (χ3n) is 4.19. The minimum Gasteiger partial charge on any atom is -0.496 e. The number of rotatable bonds is 4. The molecule has 1 atom stereocenters. The summed E-state index contributed by atoms with van der Waals surface area (Å²) in [5, 5.41) is 10.1. The van der Waals surface area contributed by atoms with Gasteiger partial charge < -0.3 is 14.7 Å². The molecule has 1 N–H and O–H groups in total. The summed E-state index contributed by atoms with van der Waals surface area (Å²) in [5.41, 5.74) is 1.49. The molecule has 0 spiro atoms. The molecule has 0 bridgehead atoms. The molecular formula is C18H16ClNO4. The van der Waals surface area contributed by atoms with E-state index in [2.05, 4.69) is 0 Å². The summed E-state index contributed by atoms with van der Waals surface area (Å²) in [6.07, 6.45) is 0.239. The zero-order valence-corrected chi connectivity index (χ0v) is 13.8. The van der Waals surface area contributed by atoms with E-state index in [9.17, 15) is 14.7 Å². The van der Waals surface area contributed by atoms with E-state index in [0.29, 0.717) is 22.9 Å². The molecule has 1 unspecified atom stereocenters. The number of halogens is 1. The topological polar surface area (TPSA) is 66.8 Å². The maximum Gasteiger partial charge on any atom is 0.336 e. The van der Waals surface area contributed by atoms with Crippen LogP contribution in [-0.2, 0) is 4.79 Å². The highest BCUT2D eigenvalue weighted by Crippen LogP contribution is 2.38. The number of benzene rings is 2. The van der Waals surface area contributed by atoms with Crippen LogP contribution < -0.4 is 9.64 Å². The van der Waals surface area contributed by atoms with Crippen LogP contribution in [-0.4, -0.2) is 30.6 Å². The van der Waals surface area contributed by atoms with E-state index in [-0.39, 0.29) is 23.8 Å². The fraction of sp³-hybridized carbons (Fsp3) is 0.222. The van der Waals surface area contributed by atoms with Crippen molar-refractivity contribution in [2.24, 2.45) is 0 Å². The molecule has 0 saturated carbocycles. The van der Waals surface area contributed by atoms with Gasteiger partial charge in [0, 0.05) is 35.2 Å². The summed E-state index contributed by atoms with van der Waals surface area (Å²) in [6.45, 7) is 0.404. The second-order valence-corrected chi connectivity index (χ2v) is 6.04. The Labute approximate surface area is 144 Å². The highest BCUT2D eigenvalue weighted by atomic mass is 35.5. The van der Waals surface area contributed by atoms with Crippen molar-refractivity contribution in [3.63, 3.8) is 0 Å². The van der Waals surface area contributed by atoms with Crippen LogP contribution >= 0.6 is 11.6 Å². The first kappa shape index (κ1) is 16.3. The van der Waals surface area contributed by atoms with Crippen LogP contribution in [0, 0.1) is 0 Å². The van der Waals surface area contributed by atoms with Crippen molar-refractivity contribution in [1.29, 1.82) is 0 Å². The summed E-state index contributed by atoms with van der Waals surface area (Å²) in [6, 6.07) is 11.9. The molecule has 1 fully saturated rings. The van der Waals surface area contributed by atoms with Crippen molar-refractivity contribution in [3.05, 3.63) is 58.6 Å². The van der Waals surface area contributed by atoms with Crippen LogP contribution in [0.1, 0.15) is 28.3 Å². The highest BCUT2D eigenvalue weighted by molar-refractivity contribution is 6.30. The monoisotopic (exact) mass is 345 g/mol. The van der Waals surface area contributed by atoms with Gasteiger partial charge in [-0.1, -0.05) is 17.7 Å². The van der Waals surface area contributed by atoms with Gasteiger partial charge in [-0.15, -0.1) is 0 Å². The molecule has 1 saturated heterocycles. The largest absolute Gasteiger partial charge is 0.496 e. The van der Waals surface area contributed by atoms with E-state index >= 15 is 0 Å². The Balaban J connectivity index is 1.96. The van der Waals surface area contributed by atoms with Crippen LogP contribution in [0.2, 0.25) is 5.02 Å². The maximum absolute atomic E-state index is 12.4. The average molecular weight is 346 g/mol. The van der Waals surface area contributed by atoms with Crippen molar-refractivity contribution in [2.75, 3.05) is 18.6 Å². The number of nitrogens with zero attached hydrogens (tertiary/aromatic N) is 1. The number of carbonyl (C=O) groups excluding carboxylic acids is 1. The summed E-state index contributed by atoms with van der Waals surface area (Å²) in [4.78, 5) is 25.6. The van der Waals surface area contributed by atoms with Gasteiger partial charge in [-0.05, 0) is 36.4 Å². The number of carbonyl (C=O) groups is 2. The minimum absolute atomic E-state index is 0.0513.